The molecule has 0 spiro atoms. The zero-order valence-electron chi connectivity index (χ0n) is 13.6. The van der Waals surface area contributed by atoms with Gasteiger partial charge in [-0.25, -0.2) is 0 Å². The van der Waals surface area contributed by atoms with Gasteiger partial charge in [0.05, 0.1) is 6.17 Å². The molecule has 2 aliphatic carbocycles. The molecule has 4 rings (SSSR count). The molecule has 0 aromatic rings. The Hall–Kier alpha value is -1.06. The Morgan fingerprint density at radius 3 is 3.00 bits per heavy atom. The molecule has 4 aliphatic rings. The van der Waals surface area contributed by atoms with Gasteiger partial charge >= 0.3 is 0 Å². The van der Waals surface area contributed by atoms with Gasteiger partial charge in [0.1, 0.15) is 0 Å². The number of nitrogens with one attached hydrogen (secondary N) is 2. The summed E-state index contributed by atoms with van der Waals surface area (Å²) in [5.41, 5.74) is 4.54. The van der Waals surface area contributed by atoms with Crippen LogP contribution in [0.4, 0.5) is 0 Å². The molecule has 2 atom stereocenters. The minimum atomic E-state index is 0.454. The highest BCUT2D eigenvalue weighted by molar-refractivity contribution is 5.49. The predicted octanol–water partition coefficient (Wildman–Crippen LogP) is 3.07. The van der Waals surface area contributed by atoms with Crippen LogP contribution in [0.1, 0.15) is 51.4 Å². The van der Waals surface area contributed by atoms with E-state index in [1.807, 2.05) is 0 Å². The third-order valence-electron chi connectivity index (χ3n) is 5.59. The van der Waals surface area contributed by atoms with E-state index in [2.05, 4.69) is 33.8 Å². The first kappa shape index (κ1) is 14.5. The third kappa shape index (κ3) is 3.02. The Kier molecular flexibility index (Phi) is 4.35. The van der Waals surface area contributed by atoms with E-state index in [0.717, 1.165) is 6.42 Å². The monoisotopic (exact) mass is 299 g/mol. The summed E-state index contributed by atoms with van der Waals surface area (Å²) in [6, 6.07) is 0.549. The zero-order valence-corrected chi connectivity index (χ0v) is 13.6. The fourth-order valence-corrected chi connectivity index (χ4v) is 4.46. The van der Waals surface area contributed by atoms with Gasteiger partial charge in [-0.3, -0.25) is 5.32 Å². The fraction of sp³-hybridized carbons (Fsp3) is 0.684. The molecule has 2 saturated heterocycles. The molecule has 0 radical (unpaired) electrons. The van der Waals surface area contributed by atoms with Crippen LogP contribution < -0.4 is 10.6 Å². The molecule has 3 nitrogen and oxygen atoms in total. The molecule has 2 fully saturated rings. The highest BCUT2D eigenvalue weighted by Crippen LogP contribution is 2.34. The van der Waals surface area contributed by atoms with Gasteiger partial charge in [0.25, 0.3) is 0 Å². The van der Waals surface area contributed by atoms with Gasteiger partial charge < -0.3 is 10.2 Å². The van der Waals surface area contributed by atoms with Gasteiger partial charge in [0, 0.05) is 11.7 Å². The van der Waals surface area contributed by atoms with Crippen molar-refractivity contribution in [3.05, 3.63) is 35.1 Å². The lowest BCUT2D eigenvalue weighted by atomic mass is 9.83. The van der Waals surface area contributed by atoms with Crippen molar-refractivity contribution >= 4 is 0 Å². The van der Waals surface area contributed by atoms with Crippen molar-refractivity contribution in [1.82, 2.24) is 15.5 Å². The summed E-state index contributed by atoms with van der Waals surface area (Å²) < 4.78 is 0. The first-order chi connectivity index (χ1) is 10.9. The fourth-order valence-electron chi connectivity index (χ4n) is 4.46. The van der Waals surface area contributed by atoms with E-state index < -0.39 is 0 Å². The number of hydrogen-bond donors (Lipinski definition) is 2. The molecule has 22 heavy (non-hydrogen) atoms. The number of allylic oxidation sites excluding steroid dienone is 3. The van der Waals surface area contributed by atoms with Crippen molar-refractivity contribution in [1.29, 1.82) is 0 Å². The van der Waals surface area contributed by atoms with Gasteiger partial charge in [-0.05, 0) is 75.7 Å². The summed E-state index contributed by atoms with van der Waals surface area (Å²) >= 11 is 0. The lowest BCUT2D eigenvalue weighted by Crippen LogP contribution is -2.55. The van der Waals surface area contributed by atoms with Crippen LogP contribution in [0.3, 0.4) is 0 Å². The smallest absolute Gasteiger partial charge is 0.0773 e. The van der Waals surface area contributed by atoms with Crippen molar-refractivity contribution in [2.75, 3.05) is 19.6 Å². The number of likely N-dealkylation sites (tertiary alicyclic amines) is 1. The Morgan fingerprint density at radius 2 is 2.09 bits per heavy atom. The van der Waals surface area contributed by atoms with Gasteiger partial charge in [0.2, 0.25) is 0 Å². The second-order valence-electron chi connectivity index (χ2n) is 7.19. The predicted molar refractivity (Wildman–Crippen MR) is 91.5 cm³/mol. The van der Waals surface area contributed by atoms with E-state index in [-0.39, 0.29) is 0 Å². The minimum absolute atomic E-state index is 0.454. The van der Waals surface area contributed by atoms with E-state index in [1.165, 1.54) is 70.3 Å². The largest absolute Gasteiger partial charge is 0.370 e. The maximum atomic E-state index is 3.84. The number of rotatable bonds is 4. The lowest BCUT2D eigenvalue weighted by Gasteiger charge is -2.41. The highest BCUT2D eigenvalue weighted by atomic mass is 15.2. The van der Waals surface area contributed by atoms with Crippen LogP contribution in [0.15, 0.2) is 35.1 Å². The number of hydrogen-bond acceptors (Lipinski definition) is 3. The van der Waals surface area contributed by atoms with Crippen LogP contribution in [0.5, 0.6) is 0 Å². The van der Waals surface area contributed by atoms with Crippen molar-refractivity contribution in [2.24, 2.45) is 0 Å². The topological polar surface area (TPSA) is 27.3 Å². The summed E-state index contributed by atoms with van der Waals surface area (Å²) in [7, 11) is 0. The Balaban J connectivity index is 1.32. The summed E-state index contributed by atoms with van der Waals surface area (Å²) in [5, 5.41) is 7.60. The van der Waals surface area contributed by atoms with Crippen molar-refractivity contribution in [3.8, 4) is 0 Å². The SMILES string of the molecule is C1=CC2=C3C(=CCC2)NC(CCCN2CCCCC2)NC3C1. The summed E-state index contributed by atoms with van der Waals surface area (Å²) in [5.74, 6) is 0. The first-order valence-electron chi connectivity index (χ1n) is 9.25. The molecule has 2 heterocycles. The molecule has 0 amide bonds. The average molecular weight is 299 g/mol. The van der Waals surface area contributed by atoms with Crippen molar-refractivity contribution in [2.45, 2.75) is 63.6 Å². The molecule has 3 heteroatoms. The van der Waals surface area contributed by atoms with Crippen molar-refractivity contribution < 1.29 is 0 Å². The molecule has 120 valence electrons. The minimum Gasteiger partial charge on any atom is -0.370 e. The van der Waals surface area contributed by atoms with E-state index in [4.69, 9.17) is 0 Å². The number of piperidine rings is 1. The van der Waals surface area contributed by atoms with Gasteiger partial charge in [-0.15, -0.1) is 0 Å². The average Bonchev–Trinajstić information content (AvgIpc) is 2.56. The van der Waals surface area contributed by atoms with E-state index >= 15 is 0 Å². The molecule has 2 unspecified atom stereocenters. The maximum absolute atomic E-state index is 3.84. The molecule has 0 saturated carbocycles. The summed E-state index contributed by atoms with van der Waals surface area (Å²) in [6.45, 7) is 3.91. The van der Waals surface area contributed by atoms with Crippen LogP contribution in [0.2, 0.25) is 0 Å². The Bertz CT molecular complexity index is 497. The van der Waals surface area contributed by atoms with E-state index in [0.29, 0.717) is 12.2 Å². The lowest BCUT2D eigenvalue weighted by molar-refractivity contribution is 0.217. The molecule has 2 aliphatic heterocycles. The Labute approximate surface area is 134 Å². The van der Waals surface area contributed by atoms with Crippen LogP contribution >= 0.6 is 0 Å². The Morgan fingerprint density at radius 1 is 1.18 bits per heavy atom. The zero-order chi connectivity index (χ0) is 14.8. The second-order valence-corrected chi connectivity index (χ2v) is 7.19. The summed E-state index contributed by atoms with van der Waals surface area (Å²) in [4.78, 5) is 2.65. The van der Waals surface area contributed by atoms with Crippen LogP contribution in [-0.2, 0) is 0 Å². The maximum Gasteiger partial charge on any atom is 0.0773 e. The van der Waals surface area contributed by atoms with Gasteiger partial charge in [-0.2, -0.15) is 0 Å². The molecule has 0 aromatic heterocycles. The molecular weight excluding hydrogens is 270 g/mol. The molecule has 0 aromatic carbocycles. The highest BCUT2D eigenvalue weighted by Gasteiger charge is 2.31. The normalized spacial score (nSPS) is 31.5. The van der Waals surface area contributed by atoms with Crippen LogP contribution in [0, 0.1) is 0 Å². The van der Waals surface area contributed by atoms with Crippen LogP contribution in [-0.4, -0.2) is 36.7 Å². The van der Waals surface area contributed by atoms with E-state index in [1.54, 1.807) is 11.1 Å². The first-order valence-corrected chi connectivity index (χ1v) is 9.25. The summed E-state index contributed by atoms with van der Waals surface area (Å²) in [6.07, 6.45) is 17.9. The second kappa shape index (κ2) is 6.59. The standard InChI is InChI=1S/C19H29N3/c1-2-12-22(13-3-1)14-6-11-18-20-16-9-4-7-15-8-5-10-17(21-18)19(15)16/h4,7,10,16,18,20-21H,1-3,5-6,8-9,11-14H2. The van der Waals surface area contributed by atoms with Gasteiger partial charge in [-0.1, -0.05) is 24.6 Å². The molecule has 2 N–H and O–H groups in total. The van der Waals surface area contributed by atoms with E-state index in [9.17, 15) is 0 Å². The number of nitrogens with zero attached hydrogens (tertiary/aromatic N) is 1. The molecule has 0 bridgehead atoms. The quantitative estimate of drug-likeness (QED) is 0.835. The molecular formula is C19H29N3. The van der Waals surface area contributed by atoms with Crippen LogP contribution in [0.25, 0.3) is 0 Å². The van der Waals surface area contributed by atoms with Gasteiger partial charge in [0.15, 0.2) is 0 Å². The van der Waals surface area contributed by atoms with Crippen molar-refractivity contribution in [3.63, 3.8) is 0 Å². The third-order valence-corrected chi connectivity index (χ3v) is 5.59.